The van der Waals surface area contributed by atoms with Crippen molar-refractivity contribution < 1.29 is 97.6 Å². The maximum absolute atomic E-state index is 10.7. The maximum Gasteiger partial charge on any atom is 2.00 e. The van der Waals surface area contributed by atoms with E-state index in [-0.39, 0.29) is 17.1 Å². The summed E-state index contributed by atoms with van der Waals surface area (Å²) in [5, 5.41) is 14.6. The molecule has 10 nitrogen and oxygen atoms in total. The second kappa shape index (κ2) is 24.2. The Kier molecular flexibility index (Phi) is 21.2. The monoisotopic (exact) mass is 1190 g/mol. The molecule has 0 aliphatic rings. The molecule has 8 aromatic heterocycles. The number of aromatic nitrogens is 8. The molecule has 8 aromatic rings. The van der Waals surface area contributed by atoms with Gasteiger partial charge >= 0.3 is 116 Å². The molecule has 8 heterocycles. The standard InChI is InChI=1S/2C20H14N4.2C2H3N.3F6P.Fe/c2*1-3-9-22-17(5-1)19-13-16(15-7-11-21-12-8-15)14-20(24-19)18-6-2-4-10-23-18;2*1-2-3;3*1-7(2,3,4,5)6;/h2*1-14H;2*1H3;;;;/q;;;;3*-1;+2/p+1. The van der Waals surface area contributed by atoms with Crippen molar-refractivity contribution in [2.24, 2.45) is 0 Å². The van der Waals surface area contributed by atoms with Crippen LogP contribution in [0.25, 0.3) is 67.8 Å². The van der Waals surface area contributed by atoms with Gasteiger partial charge in [-0.2, -0.15) is 10.5 Å². The van der Waals surface area contributed by atoms with Crippen LogP contribution in [0.2, 0.25) is 0 Å². The largest absolute Gasteiger partial charge is 2.00 e. The van der Waals surface area contributed by atoms with Gasteiger partial charge < -0.3 is 0 Å². The van der Waals surface area contributed by atoms with Gasteiger partial charge in [-0.3, -0.25) is 24.9 Å². The first kappa shape index (κ1) is 66.7. The third kappa shape index (κ3) is 36.6. The van der Waals surface area contributed by atoms with Gasteiger partial charge in [0, 0.05) is 63.2 Å². The fourth-order valence-corrected chi connectivity index (χ4v) is 5.10. The molecule has 32 heteroatoms. The van der Waals surface area contributed by atoms with E-state index < -0.39 is 23.4 Å². The quantitative estimate of drug-likeness (QED) is 0.0900. The van der Waals surface area contributed by atoms with Gasteiger partial charge in [0.1, 0.15) is 0 Å². The van der Waals surface area contributed by atoms with E-state index in [0.29, 0.717) is 0 Å². The smallest absolute Gasteiger partial charge is 0.265 e. The number of nitriles is 2. The molecule has 0 bridgehead atoms. The van der Waals surface area contributed by atoms with Crippen molar-refractivity contribution in [1.82, 2.24) is 34.9 Å². The van der Waals surface area contributed by atoms with Crippen LogP contribution in [0.15, 0.2) is 171 Å². The van der Waals surface area contributed by atoms with E-state index in [1.165, 1.54) is 13.8 Å². The molecule has 76 heavy (non-hydrogen) atoms. The van der Waals surface area contributed by atoms with E-state index in [4.69, 9.17) is 20.5 Å². The van der Waals surface area contributed by atoms with Crippen LogP contribution in [0.1, 0.15) is 13.8 Å². The summed E-state index contributed by atoms with van der Waals surface area (Å²) in [6, 6.07) is 43.1. The molecule has 0 unspecified atom stereocenters. The number of nitrogens with one attached hydrogen (secondary N) is 1. The minimum Gasteiger partial charge on any atom is -0.265 e. The van der Waals surface area contributed by atoms with Gasteiger partial charge in [0.15, 0.2) is 12.4 Å². The third-order valence-corrected chi connectivity index (χ3v) is 7.43. The molecule has 0 aliphatic heterocycles. The van der Waals surface area contributed by atoms with E-state index >= 15 is 0 Å². The van der Waals surface area contributed by atoms with Crippen molar-refractivity contribution in [3.63, 3.8) is 0 Å². The van der Waals surface area contributed by atoms with Crippen molar-refractivity contribution in [1.29, 1.82) is 10.5 Å². The van der Waals surface area contributed by atoms with Crippen LogP contribution in [0.5, 0.6) is 0 Å². The number of rotatable bonds is 6. The van der Waals surface area contributed by atoms with E-state index in [2.05, 4.69) is 42.0 Å². The number of nitrogens with zero attached hydrogens (tertiary/aromatic N) is 9. The molecule has 0 saturated heterocycles. The normalized spacial score (nSPS) is 13.2. The average molecular weight is 1190 g/mol. The molecule has 0 aliphatic carbocycles. The number of hydrogen-bond donors (Lipinski definition) is 0. The van der Waals surface area contributed by atoms with E-state index in [1.807, 2.05) is 122 Å². The molecular weight excluding hydrogens is 1160 g/mol. The molecule has 0 spiro atoms. The first-order valence-corrected chi connectivity index (χ1v) is 25.9. The van der Waals surface area contributed by atoms with Crippen LogP contribution < -0.4 is 4.98 Å². The Labute approximate surface area is 429 Å². The van der Waals surface area contributed by atoms with Crippen molar-refractivity contribution in [3.05, 3.63) is 171 Å². The van der Waals surface area contributed by atoms with Crippen molar-refractivity contribution in [3.8, 4) is 79.9 Å². The van der Waals surface area contributed by atoms with E-state index in [0.717, 1.165) is 67.8 Å². The number of halogens is 18. The van der Waals surface area contributed by atoms with Crippen molar-refractivity contribution in [2.45, 2.75) is 13.8 Å². The summed E-state index contributed by atoms with van der Waals surface area (Å²) in [6.07, 6.45) is 14.5. The Balaban J connectivity index is 0.000000515. The molecule has 410 valence electrons. The first-order valence-electron chi connectivity index (χ1n) is 19.9. The molecule has 0 fully saturated rings. The summed E-state index contributed by atoms with van der Waals surface area (Å²) in [6.45, 7) is 2.86. The number of H-pyrrole nitrogens is 1. The van der Waals surface area contributed by atoms with E-state index in [1.54, 1.807) is 49.3 Å². The van der Waals surface area contributed by atoms with Crippen LogP contribution in [0, 0.1) is 22.7 Å². The predicted molar refractivity (Wildman–Crippen MR) is 250 cm³/mol. The topological polar surface area (TPSA) is 152 Å². The number of aromatic amines is 1. The average Bonchev–Trinajstić information content (AvgIpc) is 3.31. The summed E-state index contributed by atoms with van der Waals surface area (Å²) >= 11 is 0. The molecule has 1 N–H and O–H groups in total. The summed E-state index contributed by atoms with van der Waals surface area (Å²) in [5.74, 6) is 0. The molecular formula is C44H35F18FeN10P3. The maximum atomic E-state index is 9.87. The summed E-state index contributed by atoms with van der Waals surface area (Å²) in [7, 11) is -32.0. The zero-order valence-electron chi connectivity index (χ0n) is 38.2. The van der Waals surface area contributed by atoms with E-state index in [9.17, 15) is 75.5 Å². The Bertz CT molecular complexity index is 2600. The Morgan fingerprint density at radius 1 is 0.342 bits per heavy atom. The fourth-order valence-electron chi connectivity index (χ4n) is 5.10. The van der Waals surface area contributed by atoms with Crippen molar-refractivity contribution >= 4 is 23.4 Å². The van der Waals surface area contributed by atoms with Gasteiger partial charge in [-0.05, 0) is 107 Å². The van der Waals surface area contributed by atoms with Gasteiger partial charge in [0.25, 0.3) is 0 Å². The molecule has 8 rings (SSSR count). The minimum absolute atomic E-state index is 0. The third-order valence-electron chi connectivity index (χ3n) is 7.43. The Morgan fingerprint density at radius 3 is 0.776 bits per heavy atom. The second-order valence-electron chi connectivity index (χ2n) is 14.0. The van der Waals surface area contributed by atoms with Crippen LogP contribution in [0.4, 0.5) is 75.5 Å². The molecule has 0 aromatic carbocycles. The fraction of sp³-hybridized carbons (Fsp3) is 0.0455. The number of hydrogen-bond acceptors (Lipinski definition) is 9. The van der Waals surface area contributed by atoms with Crippen molar-refractivity contribution in [2.75, 3.05) is 0 Å². The number of pyridine rings is 8. The Hall–Kier alpha value is -7.27. The first-order chi connectivity index (χ1) is 34.0. The summed E-state index contributed by atoms with van der Waals surface area (Å²) < 4.78 is 178. The van der Waals surface area contributed by atoms with Crippen LogP contribution in [-0.4, -0.2) is 34.9 Å². The van der Waals surface area contributed by atoms with Gasteiger partial charge in [-0.1, -0.05) is 24.3 Å². The van der Waals surface area contributed by atoms with Crippen LogP contribution >= 0.6 is 23.4 Å². The van der Waals surface area contributed by atoms with Crippen LogP contribution in [0.3, 0.4) is 0 Å². The Morgan fingerprint density at radius 2 is 0.566 bits per heavy atom. The molecule has 0 saturated carbocycles. The summed E-state index contributed by atoms with van der Waals surface area (Å²) in [5.41, 5.74) is 11.0. The molecule has 0 atom stereocenters. The zero-order valence-corrected chi connectivity index (χ0v) is 42.0. The minimum atomic E-state index is -10.7. The van der Waals surface area contributed by atoms with Gasteiger partial charge in [-0.15, -0.1) is 0 Å². The molecule has 0 amide bonds. The zero-order chi connectivity index (χ0) is 57.0. The van der Waals surface area contributed by atoms with Gasteiger partial charge in [0.2, 0.25) is 0 Å². The second-order valence-corrected chi connectivity index (χ2v) is 19.7. The van der Waals surface area contributed by atoms with Crippen LogP contribution in [-0.2, 0) is 17.1 Å². The SMILES string of the molecule is CC#N.CC#N.F[P-](F)(F)(F)(F)F.F[P-](F)(F)(F)(F)F.F[P-](F)(F)(F)(F)F.[Fe+2].c1ccc(-c2cc(-c3cc[nH+]cc3)cc(-c3ccccn3)n2)nc1.c1ccc(-c2cc(-c3ccncc3)cc(-c3ccccn3)n2)nc1. The predicted octanol–water partition coefficient (Wildman–Crippen LogP) is 19.2. The van der Waals surface area contributed by atoms with Gasteiger partial charge in [-0.25, -0.2) is 15.0 Å². The summed E-state index contributed by atoms with van der Waals surface area (Å²) in [4.78, 5) is 34.4. The van der Waals surface area contributed by atoms with Gasteiger partial charge in [0.05, 0.1) is 57.7 Å². The molecule has 0 radical (unpaired) electrons.